The Kier molecular flexibility index (Phi) is 6.56. The number of rotatable bonds is 5. The summed E-state index contributed by atoms with van der Waals surface area (Å²) < 4.78 is 6.42. The van der Waals surface area contributed by atoms with E-state index in [0.717, 1.165) is 39.0 Å². The first-order valence-electron chi connectivity index (χ1n) is 17.7. The van der Waals surface area contributed by atoms with Crippen molar-refractivity contribution in [2.75, 3.05) is 4.90 Å². The van der Waals surface area contributed by atoms with Gasteiger partial charge in [0.05, 0.1) is 0 Å². The van der Waals surface area contributed by atoms with E-state index in [-0.39, 0.29) is 5.41 Å². The summed E-state index contributed by atoms with van der Waals surface area (Å²) >= 11 is 0. The lowest BCUT2D eigenvalue weighted by molar-refractivity contribution is 0.660. The molecule has 242 valence electrons. The van der Waals surface area contributed by atoms with Crippen LogP contribution in [0.2, 0.25) is 0 Å². The molecule has 0 spiro atoms. The van der Waals surface area contributed by atoms with Crippen LogP contribution in [0.25, 0.3) is 66.1 Å². The lowest BCUT2D eigenvalue weighted by atomic mass is 9.82. The van der Waals surface area contributed by atoms with Crippen LogP contribution in [0.3, 0.4) is 0 Å². The van der Waals surface area contributed by atoms with Gasteiger partial charge >= 0.3 is 0 Å². The summed E-state index contributed by atoms with van der Waals surface area (Å²) in [6.07, 6.45) is 0. The van der Waals surface area contributed by atoms with Crippen LogP contribution < -0.4 is 4.90 Å². The topological polar surface area (TPSA) is 16.4 Å². The van der Waals surface area contributed by atoms with Crippen LogP contribution in [0, 0.1) is 0 Å². The third kappa shape index (κ3) is 4.71. The monoisotopic (exact) mass is 653 g/mol. The van der Waals surface area contributed by atoms with Crippen LogP contribution in [0.15, 0.2) is 180 Å². The van der Waals surface area contributed by atoms with Gasteiger partial charge in [0.2, 0.25) is 0 Å². The van der Waals surface area contributed by atoms with Gasteiger partial charge in [-0.15, -0.1) is 0 Å². The average Bonchev–Trinajstić information content (AvgIpc) is 3.66. The van der Waals surface area contributed by atoms with Crippen molar-refractivity contribution in [2.45, 2.75) is 19.3 Å². The number of hydrogen-bond donors (Lipinski definition) is 0. The number of furan rings is 1. The van der Waals surface area contributed by atoms with E-state index in [2.05, 4.69) is 183 Å². The Bertz CT molecular complexity index is 2800. The van der Waals surface area contributed by atoms with Gasteiger partial charge in [-0.25, -0.2) is 0 Å². The number of hydrogen-bond acceptors (Lipinski definition) is 2. The quantitative estimate of drug-likeness (QED) is 0.184. The number of nitrogens with zero attached hydrogens (tertiary/aromatic N) is 1. The van der Waals surface area contributed by atoms with Crippen molar-refractivity contribution >= 4 is 49.8 Å². The number of benzene rings is 8. The summed E-state index contributed by atoms with van der Waals surface area (Å²) in [5.74, 6) is 0. The lowest BCUT2D eigenvalue weighted by Gasteiger charge is -2.28. The van der Waals surface area contributed by atoms with E-state index in [4.69, 9.17) is 4.42 Å². The third-order valence-corrected chi connectivity index (χ3v) is 10.8. The highest BCUT2D eigenvalue weighted by atomic mass is 16.3. The second kappa shape index (κ2) is 11.3. The molecule has 0 radical (unpaired) electrons. The van der Waals surface area contributed by atoms with E-state index in [1.54, 1.807) is 0 Å². The Morgan fingerprint density at radius 3 is 1.92 bits per heavy atom. The van der Waals surface area contributed by atoms with Crippen LogP contribution in [0.4, 0.5) is 17.1 Å². The maximum Gasteiger partial charge on any atom is 0.137 e. The zero-order valence-electron chi connectivity index (χ0n) is 28.6. The van der Waals surface area contributed by atoms with E-state index in [1.165, 1.54) is 55.3 Å². The summed E-state index contributed by atoms with van der Waals surface area (Å²) in [5.41, 5.74) is 15.1. The van der Waals surface area contributed by atoms with E-state index in [1.807, 2.05) is 12.1 Å². The minimum absolute atomic E-state index is 0.111. The highest BCUT2D eigenvalue weighted by Gasteiger charge is 2.35. The van der Waals surface area contributed by atoms with Crippen molar-refractivity contribution in [3.05, 3.63) is 187 Å². The van der Waals surface area contributed by atoms with Crippen molar-refractivity contribution in [2.24, 2.45) is 0 Å². The Labute approximate surface area is 297 Å². The van der Waals surface area contributed by atoms with Gasteiger partial charge in [0.25, 0.3) is 0 Å². The molecule has 1 aromatic heterocycles. The van der Waals surface area contributed by atoms with Crippen LogP contribution in [0.1, 0.15) is 25.0 Å². The first-order valence-corrected chi connectivity index (χ1v) is 17.7. The molecule has 2 heteroatoms. The molecule has 0 atom stereocenters. The summed E-state index contributed by atoms with van der Waals surface area (Å²) in [6.45, 7) is 4.69. The smallest absolute Gasteiger partial charge is 0.137 e. The van der Waals surface area contributed by atoms with Gasteiger partial charge in [0.1, 0.15) is 11.2 Å². The molecule has 8 aromatic carbocycles. The maximum atomic E-state index is 6.42. The molecule has 10 rings (SSSR count). The molecule has 1 aliphatic rings. The first-order chi connectivity index (χ1) is 25.0. The Morgan fingerprint density at radius 2 is 1.00 bits per heavy atom. The molecule has 0 N–H and O–H groups in total. The molecule has 51 heavy (non-hydrogen) atoms. The summed E-state index contributed by atoms with van der Waals surface area (Å²) in [6, 6.07) is 63.7. The van der Waals surface area contributed by atoms with Crippen LogP contribution in [-0.4, -0.2) is 0 Å². The summed E-state index contributed by atoms with van der Waals surface area (Å²) in [5, 5.41) is 4.77. The van der Waals surface area contributed by atoms with Crippen molar-refractivity contribution in [3.8, 4) is 33.4 Å². The third-order valence-electron chi connectivity index (χ3n) is 10.8. The molecule has 2 nitrogen and oxygen atoms in total. The van der Waals surface area contributed by atoms with Crippen molar-refractivity contribution in [1.29, 1.82) is 0 Å². The largest absolute Gasteiger partial charge is 0.456 e. The Hall–Kier alpha value is -6.38. The molecular formula is C49H35NO. The number of fused-ring (bicyclic) bond motifs is 7. The standard InChI is InChI=1S/C49H35NO/c1-49(2)45-22-7-5-19-41(45)42-26-24-37(30-46(42)49)50(38-25-27-44-43-20-6-8-23-47(43)51-48(44)31-38)36-17-10-15-34(29-36)33-14-9-16-35(28-33)40-21-11-13-32-12-3-4-18-39(32)40/h3-31H,1-2H3. The molecule has 1 heterocycles. The highest BCUT2D eigenvalue weighted by Crippen LogP contribution is 2.51. The molecule has 0 unspecified atom stereocenters. The normalized spacial score (nSPS) is 13.1. The van der Waals surface area contributed by atoms with Gasteiger partial charge < -0.3 is 9.32 Å². The molecule has 0 fully saturated rings. The fourth-order valence-electron chi connectivity index (χ4n) is 8.30. The molecule has 1 aliphatic carbocycles. The highest BCUT2D eigenvalue weighted by molar-refractivity contribution is 6.06. The Balaban J connectivity index is 1.13. The van der Waals surface area contributed by atoms with Crippen LogP contribution >= 0.6 is 0 Å². The molecule has 0 amide bonds. The van der Waals surface area contributed by atoms with E-state index in [0.29, 0.717) is 0 Å². The lowest BCUT2D eigenvalue weighted by Crippen LogP contribution is -2.16. The van der Waals surface area contributed by atoms with Gasteiger partial charge in [0.15, 0.2) is 0 Å². The number of anilines is 3. The van der Waals surface area contributed by atoms with Gasteiger partial charge in [-0.05, 0) is 104 Å². The van der Waals surface area contributed by atoms with Gasteiger partial charge in [-0.3, -0.25) is 0 Å². The molecule has 9 aromatic rings. The van der Waals surface area contributed by atoms with Crippen molar-refractivity contribution < 1.29 is 4.42 Å². The molecule has 0 bridgehead atoms. The minimum Gasteiger partial charge on any atom is -0.456 e. The zero-order chi connectivity index (χ0) is 34.1. The number of para-hydroxylation sites is 1. The van der Waals surface area contributed by atoms with Gasteiger partial charge in [-0.1, -0.05) is 135 Å². The van der Waals surface area contributed by atoms with Crippen LogP contribution in [0.5, 0.6) is 0 Å². The predicted octanol–water partition coefficient (Wildman–Crippen LogP) is 13.8. The van der Waals surface area contributed by atoms with E-state index in [9.17, 15) is 0 Å². The fraction of sp³-hybridized carbons (Fsp3) is 0.0612. The van der Waals surface area contributed by atoms with Crippen molar-refractivity contribution in [1.82, 2.24) is 0 Å². The second-order valence-electron chi connectivity index (χ2n) is 14.2. The molecule has 0 saturated carbocycles. The van der Waals surface area contributed by atoms with Crippen LogP contribution in [-0.2, 0) is 5.41 Å². The first kappa shape index (κ1) is 29.5. The molecular weight excluding hydrogens is 619 g/mol. The van der Waals surface area contributed by atoms with Gasteiger partial charge in [-0.2, -0.15) is 0 Å². The van der Waals surface area contributed by atoms with Gasteiger partial charge in [0, 0.05) is 39.3 Å². The zero-order valence-corrected chi connectivity index (χ0v) is 28.6. The summed E-state index contributed by atoms with van der Waals surface area (Å²) in [4.78, 5) is 2.38. The molecule has 0 aliphatic heterocycles. The second-order valence-corrected chi connectivity index (χ2v) is 14.2. The van der Waals surface area contributed by atoms with Crippen molar-refractivity contribution in [3.63, 3.8) is 0 Å². The summed E-state index contributed by atoms with van der Waals surface area (Å²) in [7, 11) is 0. The molecule has 0 saturated heterocycles. The predicted molar refractivity (Wildman–Crippen MR) is 214 cm³/mol. The minimum atomic E-state index is -0.111. The van der Waals surface area contributed by atoms with E-state index < -0.39 is 0 Å². The maximum absolute atomic E-state index is 6.42. The SMILES string of the molecule is CC1(C)c2ccccc2-c2ccc(N(c3cccc(-c4cccc(-c5cccc6ccccc56)c4)c3)c3ccc4c(c3)oc3ccccc34)cc21. The fourth-order valence-corrected chi connectivity index (χ4v) is 8.30. The Morgan fingerprint density at radius 1 is 0.392 bits per heavy atom. The average molecular weight is 654 g/mol. The van der Waals surface area contributed by atoms with E-state index >= 15 is 0 Å².